The van der Waals surface area contributed by atoms with Gasteiger partial charge >= 0.3 is 5.97 Å². The molecule has 0 aliphatic heterocycles. The predicted molar refractivity (Wildman–Crippen MR) is 61.7 cm³/mol. The second-order valence-corrected chi connectivity index (χ2v) is 5.93. The Balaban J connectivity index is 4.38. The monoisotopic (exact) mass is 219 g/mol. The quantitative estimate of drug-likeness (QED) is 0.718. The number of carboxylic acid groups (broad SMARTS) is 1. The van der Waals surface area contributed by atoms with Crippen molar-refractivity contribution in [2.75, 3.05) is 0 Å². The average molecular weight is 219 g/mol. The summed E-state index contributed by atoms with van der Waals surface area (Å²) in [6.45, 7) is 8.02. The molecule has 1 atom stereocenters. The molecule has 3 N–H and O–H groups in total. The second kappa shape index (κ2) is 5.61. The van der Waals surface area contributed by atoms with E-state index >= 15 is 0 Å². The van der Waals surface area contributed by atoms with Crippen LogP contribution in [0, 0.1) is 0 Å². The van der Waals surface area contributed by atoms with Crippen LogP contribution < -0.4 is 5.73 Å². The summed E-state index contributed by atoms with van der Waals surface area (Å²) in [6.07, 6.45) is 2.11. The number of aliphatic carboxylic acids is 1. The van der Waals surface area contributed by atoms with Crippen LogP contribution in [-0.2, 0) is 4.79 Å². The molecule has 0 rings (SSSR count). The molecule has 0 bridgehead atoms. The first-order chi connectivity index (χ1) is 6.35. The zero-order chi connectivity index (χ0) is 11.4. The summed E-state index contributed by atoms with van der Waals surface area (Å²) in [5.74, 6) is -0.923. The van der Waals surface area contributed by atoms with Crippen LogP contribution in [0.15, 0.2) is 0 Å². The fourth-order valence-electron chi connectivity index (χ4n) is 1.26. The summed E-state index contributed by atoms with van der Waals surface area (Å²) in [5.41, 5.74) is 5.63. The van der Waals surface area contributed by atoms with Gasteiger partial charge in [0.05, 0.1) is 0 Å². The van der Waals surface area contributed by atoms with Crippen LogP contribution >= 0.6 is 11.8 Å². The van der Waals surface area contributed by atoms with Crippen molar-refractivity contribution in [1.82, 2.24) is 0 Å². The smallest absolute Gasteiger partial charge is 0.321 e. The van der Waals surface area contributed by atoms with Gasteiger partial charge in [-0.2, -0.15) is 11.8 Å². The molecule has 0 saturated carbocycles. The van der Waals surface area contributed by atoms with Gasteiger partial charge in [-0.05, 0) is 26.7 Å². The molecule has 4 heteroatoms. The Morgan fingerprint density at radius 2 is 1.86 bits per heavy atom. The predicted octanol–water partition coefficient (Wildman–Crippen LogP) is 2.10. The van der Waals surface area contributed by atoms with Gasteiger partial charge in [0.15, 0.2) is 0 Å². The SMILES string of the molecule is CCC(CC)SC(C)(C)[C@H](N)C(=O)O. The molecule has 0 spiro atoms. The number of nitrogens with two attached hydrogens (primary N) is 1. The van der Waals surface area contributed by atoms with Crippen LogP contribution in [-0.4, -0.2) is 27.1 Å². The highest BCUT2D eigenvalue weighted by atomic mass is 32.2. The minimum Gasteiger partial charge on any atom is -0.480 e. The molecule has 0 radical (unpaired) electrons. The molecule has 0 aromatic carbocycles. The molecule has 0 unspecified atom stereocenters. The fraction of sp³-hybridized carbons (Fsp3) is 0.900. The van der Waals surface area contributed by atoms with E-state index < -0.39 is 16.8 Å². The lowest BCUT2D eigenvalue weighted by Gasteiger charge is -2.31. The van der Waals surface area contributed by atoms with Crippen LogP contribution in [0.1, 0.15) is 40.5 Å². The molecule has 84 valence electrons. The number of hydrogen-bond acceptors (Lipinski definition) is 3. The number of carbonyl (C=O) groups is 1. The summed E-state index contributed by atoms with van der Waals surface area (Å²) < 4.78 is -0.400. The molecule has 0 heterocycles. The Morgan fingerprint density at radius 3 is 2.14 bits per heavy atom. The highest BCUT2D eigenvalue weighted by molar-refractivity contribution is 8.01. The highest BCUT2D eigenvalue weighted by Crippen LogP contribution is 2.34. The number of carboxylic acids is 1. The van der Waals surface area contributed by atoms with Crippen molar-refractivity contribution in [2.45, 2.75) is 56.6 Å². The normalized spacial score (nSPS) is 14.4. The molecule has 3 nitrogen and oxygen atoms in total. The van der Waals surface area contributed by atoms with Crippen molar-refractivity contribution in [1.29, 1.82) is 0 Å². The third-order valence-corrected chi connectivity index (χ3v) is 4.26. The third kappa shape index (κ3) is 3.88. The third-order valence-electron chi connectivity index (χ3n) is 2.40. The van der Waals surface area contributed by atoms with Gasteiger partial charge in [0.1, 0.15) is 6.04 Å². The van der Waals surface area contributed by atoms with Crippen molar-refractivity contribution in [3.05, 3.63) is 0 Å². The molecule has 0 aromatic rings. The molecular formula is C10H21NO2S. The maximum Gasteiger partial charge on any atom is 0.321 e. The number of thioether (sulfide) groups is 1. The largest absolute Gasteiger partial charge is 0.480 e. The van der Waals surface area contributed by atoms with E-state index in [0.29, 0.717) is 5.25 Å². The van der Waals surface area contributed by atoms with Crippen LogP contribution in [0.2, 0.25) is 0 Å². The summed E-state index contributed by atoms with van der Waals surface area (Å²) >= 11 is 1.68. The Kier molecular flexibility index (Phi) is 5.52. The van der Waals surface area contributed by atoms with E-state index in [1.807, 2.05) is 13.8 Å². The molecule has 14 heavy (non-hydrogen) atoms. The second-order valence-electron chi connectivity index (χ2n) is 3.98. The lowest BCUT2D eigenvalue weighted by molar-refractivity contribution is -0.139. The van der Waals surface area contributed by atoms with Crippen molar-refractivity contribution < 1.29 is 9.90 Å². The van der Waals surface area contributed by atoms with Gasteiger partial charge in [0, 0.05) is 10.00 Å². The summed E-state index contributed by atoms with van der Waals surface area (Å²) in [5, 5.41) is 9.33. The zero-order valence-corrected chi connectivity index (χ0v) is 10.2. The van der Waals surface area contributed by atoms with E-state index in [9.17, 15) is 4.79 Å². The van der Waals surface area contributed by atoms with Crippen LogP contribution in [0.25, 0.3) is 0 Å². The standard InChI is InChI=1S/C10H21NO2S/c1-5-7(6-2)14-10(3,4)8(11)9(12)13/h7-8H,5-6,11H2,1-4H3,(H,12,13)/t8-/m1/s1. The van der Waals surface area contributed by atoms with Crippen LogP contribution in [0.4, 0.5) is 0 Å². The van der Waals surface area contributed by atoms with Gasteiger partial charge in [-0.1, -0.05) is 13.8 Å². The van der Waals surface area contributed by atoms with E-state index in [1.54, 1.807) is 11.8 Å². The van der Waals surface area contributed by atoms with Gasteiger partial charge in [-0.3, -0.25) is 4.79 Å². The molecular weight excluding hydrogens is 198 g/mol. The van der Waals surface area contributed by atoms with Crippen molar-refractivity contribution >= 4 is 17.7 Å². The van der Waals surface area contributed by atoms with Gasteiger partial charge < -0.3 is 10.8 Å². The van der Waals surface area contributed by atoms with E-state index in [0.717, 1.165) is 12.8 Å². The van der Waals surface area contributed by atoms with E-state index in [1.165, 1.54) is 0 Å². The molecule has 0 aliphatic rings. The minimum atomic E-state index is -0.923. The first-order valence-electron chi connectivity index (χ1n) is 5.01. The fourth-order valence-corrected chi connectivity index (χ4v) is 2.70. The maximum absolute atomic E-state index is 10.8. The minimum absolute atomic E-state index is 0.400. The average Bonchev–Trinajstić information content (AvgIpc) is 2.12. The van der Waals surface area contributed by atoms with Crippen molar-refractivity contribution in [3.63, 3.8) is 0 Å². The van der Waals surface area contributed by atoms with Crippen molar-refractivity contribution in [3.8, 4) is 0 Å². The van der Waals surface area contributed by atoms with Gasteiger partial charge in [-0.25, -0.2) is 0 Å². The zero-order valence-electron chi connectivity index (χ0n) is 9.41. The number of rotatable bonds is 6. The Bertz CT molecular complexity index is 191. The van der Waals surface area contributed by atoms with E-state index in [4.69, 9.17) is 10.8 Å². The molecule has 0 aliphatic carbocycles. The molecule has 0 amide bonds. The Labute approximate surface area is 90.4 Å². The molecule has 0 saturated heterocycles. The maximum atomic E-state index is 10.8. The van der Waals surface area contributed by atoms with Gasteiger partial charge in [0.2, 0.25) is 0 Å². The lowest BCUT2D eigenvalue weighted by atomic mass is 10.1. The van der Waals surface area contributed by atoms with Crippen LogP contribution in [0.3, 0.4) is 0 Å². The highest BCUT2D eigenvalue weighted by Gasteiger charge is 2.34. The molecule has 0 fully saturated rings. The van der Waals surface area contributed by atoms with Gasteiger partial charge in [0.25, 0.3) is 0 Å². The van der Waals surface area contributed by atoms with Crippen LogP contribution in [0.5, 0.6) is 0 Å². The molecule has 0 aromatic heterocycles. The lowest BCUT2D eigenvalue weighted by Crippen LogP contribution is -2.47. The Morgan fingerprint density at radius 1 is 1.43 bits per heavy atom. The topological polar surface area (TPSA) is 63.3 Å². The summed E-state index contributed by atoms with van der Waals surface area (Å²) in [7, 11) is 0. The van der Waals surface area contributed by atoms with Gasteiger partial charge in [-0.15, -0.1) is 0 Å². The first kappa shape index (κ1) is 13.8. The van der Waals surface area contributed by atoms with E-state index in [2.05, 4.69) is 13.8 Å². The summed E-state index contributed by atoms with van der Waals surface area (Å²) in [4.78, 5) is 10.8. The summed E-state index contributed by atoms with van der Waals surface area (Å²) in [6, 6.07) is -0.798. The van der Waals surface area contributed by atoms with Crippen molar-refractivity contribution in [2.24, 2.45) is 5.73 Å². The number of hydrogen-bond donors (Lipinski definition) is 2. The van der Waals surface area contributed by atoms with E-state index in [-0.39, 0.29) is 0 Å². The Hall–Kier alpha value is -0.220. The first-order valence-corrected chi connectivity index (χ1v) is 5.89.